The molecule has 7 nitrogen and oxygen atoms in total. The highest BCUT2D eigenvalue weighted by atomic mass is 32.2. The highest BCUT2D eigenvalue weighted by Crippen LogP contribution is 2.32. The number of halogens is 3. The molecular weight excluding hydrogens is 483 g/mol. The highest BCUT2D eigenvalue weighted by Gasteiger charge is 2.31. The summed E-state index contributed by atoms with van der Waals surface area (Å²) in [7, 11) is -3.42. The van der Waals surface area contributed by atoms with Crippen molar-refractivity contribution in [2.75, 3.05) is 6.26 Å². The molecule has 3 aromatic rings. The molecule has 3 rings (SSSR count). The van der Waals surface area contributed by atoms with Crippen LogP contribution in [0.1, 0.15) is 40.7 Å². The van der Waals surface area contributed by atoms with Gasteiger partial charge in [0.1, 0.15) is 5.56 Å². The van der Waals surface area contributed by atoms with Crippen LogP contribution in [0.2, 0.25) is 0 Å². The maximum atomic E-state index is 13.3. The minimum absolute atomic E-state index is 0.0211. The van der Waals surface area contributed by atoms with Crippen LogP contribution in [-0.4, -0.2) is 30.1 Å². The molecule has 1 aromatic carbocycles. The van der Waals surface area contributed by atoms with Crippen molar-refractivity contribution in [1.29, 1.82) is 0 Å². The number of aryl methyl sites for hydroxylation is 1. The van der Waals surface area contributed by atoms with E-state index >= 15 is 0 Å². The number of carbonyl (C=O) groups excluding carboxylic acids is 1. The molecule has 0 bridgehead atoms. The maximum Gasteiger partial charge on any atom is 0.416 e. The van der Waals surface area contributed by atoms with Crippen LogP contribution >= 0.6 is 0 Å². The zero-order valence-corrected chi connectivity index (χ0v) is 20.1. The Morgan fingerprint density at radius 3 is 2.46 bits per heavy atom. The Kier molecular flexibility index (Phi) is 7.49. The van der Waals surface area contributed by atoms with Crippen molar-refractivity contribution >= 4 is 15.7 Å². The van der Waals surface area contributed by atoms with E-state index in [1.54, 1.807) is 11.5 Å². The fourth-order valence-electron chi connectivity index (χ4n) is 3.58. The molecule has 35 heavy (non-hydrogen) atoms. The fourth-order valence-corrected chi connectivity index (χ4v) is 4.14. The molecule has 2 aromatic heterocycles. The molecule has 0 radical (unpaired) electrons. The van der Waals surface area contributed by atoms with Crippen LogP contribution in [0.25, 0.3) is 11.1 Å². The smallest absolute Gasteiger partial charge is 0.350 e. The van der Waals surface area contributed by atoms with E-state index in [2.05, 4.69) is 10.3 Å². The summed E-state index contributed by atoms with van der Waals surface area (Å²) in [4.78, 5) is 30.2. The average molecular weight is 508 g/mol. The van der Waals surface area contributed by atoms with E-state index in [1.165, 1.54) is 36.7 Å². The van der Waals surface area contributed by atoms with Crippen molar-refractivity contribution in [3.05, 3.63) is 81.5 Å². The van der Waals surface area contributed by atoms with E-state index in [-0.39, 0.29) is 28.1 Å². The number of alkyl halides is 3. The molecule has 0 saturated carbocycles. The molecule has 0 aliphatic heterocycles. The van der Waals surface area contributed by atoms with Crippen LogP contribution in [0.3, 0.4) is 0 Å². The summed E-state index contributed by atoms with van der Waals surface area (Å²) in [5, 5.41) is 2.57. The second-order valence-electron chi connectivity index (χ2n) is 8.04. The largest absolute Gasteiger partial charge is 0.416 e. The SMILES string of the molecule is CCCn1cc(C(=O)NCc2ccc(S(C)(=O)=O)cn2)c(=O)c(-c2cccc(C(F)(F)F)c2)c1C. The maximum absolute atomic E-state index is 13.3. The van der Waals surface area contributed by atoms with Crippen LogP contribution in [0.15, 0.2) is 58.5 Å². The highest BCUT2D eigenvalue weighted by molar-refractivity contribution is 7.90. The zero-order chi connectivity index (χ0) is 26.0. The van der Waals surface area contributed by atoms with Gasteiger partial charge in [-0.15, -0.1) is 0 Å². The first kappa shape index (κ1) is 26.1. The van der Waals surface area contributed by atoms with Crippen LogP contribution < -0.4 is 10.7 Å². The standard InChI is InChI=1S/C24H24F3N3O4S/c1-4-10-30-14-20(23(32)29-12-18-8-9-19(13-28-18)35(3,33)34)22(31)21(15(30)2)16-6-5-7-17(11-16)24(25,26)27/h5-9,11,13-14H,4,10,12H2,1-3H3,(H,29,32). The lowest BCUT2D eigenvalue weighted by molar-refractivity contribution is -0.137. The molecule has 0 spiro atoms. The lowest BCUT2D eigenvalue weighted by Crippen LogP contribution is -2.31. The van der Waals surface area contributed by atoms with Crippen molar-refractivity contribution in [2.45, 2.75) is 44.4 Å². The van der Waals surface area contributed by atoms with Gasteiger partial charge in [0, 0.05) is 36.5 Å². The van der Waals surface area contributed by atoms with Gasteiger partial charge in [0.2, 0.25) is 5.43 Å². The Balaban J connectivity index is 1.99. The number of nitrogens with zero attached hydrogens (tertiary/aromatic N) is 2. The van der Waals surface area contributed by atoms with Crippen LogP contribution in [0.5, 0.6) is 0 Å². The van der Waals surface area contributed by atoms with E-state index in [0.29, 0.717) is 24.4 Å². The first-order chi connectivity index (χ1) is 16.3. The van der Waals surface area contributed by atoms with Crippen molar-refractivity contribution in [2.24, 2.45) is 0 Å². The van der Waals surface area contributed by atoms with E-state index in [9.17, 15) is 31.2 Å². The molecule has 1 N–H and O–H groups in total. The van der Waals surface area contributed by atoms with Crippen molar-refractivity contribution < 1.29 is 26.4 Å². The number of rotatable bonds is 7. The number of nitrogens with one attached hydrogen (secondary N) is 1. The minimum atomic E-state index is -4.58. The summed E-state index contributed by atoms with van der Waals surface area (Å²) < 4.78 is 64.6. The van der Waals surface area contributed by atoms with Gasteiger partial charge in [-0.25, -0.2) is 8.42 Å². The van der Waals surface area contributed by atoms with Crippen molar-refractivity contribution in [3.63, 3.8) is 0 Å². The number of hydrogen-bond acceptors (Lipinski definition) is 5. The van der Waals surface area contributed by atoms with Gasteiger partial charge in [0.05, 0.1) is 22.7 Å². The lowest BCUT2D eigenvalue weighted by Gasteiger charge is -2.17. The number of pyridine rings is 2. The van der Waals surface area contributed by atoms with Gasteiger partial charge in [-0.3, -0.25) is 14.6 Å². The summed E-state index contributed by atoms with van der Waals surface area (Å²) in [5.74, 6) is -0.720. The minimum Gasteiger partial charge on any atom is -0.350 e. The second-order valence-corrected chi connectivity index (χ2v) is 10.1. The van der Waals surface area contributed by atoms with Gasteiger partial charge in [0.25, 0.3) is 5.91 Å². The Hall–Kier alpha value is -3.47. The quantitative estimate of drug-likeness (QED) is 0.522. The van der Waals surface area contributed by atoms with Gasteiger partial charge in [0.15, 0.2) is 9.84 Å². The van der Waals surface area contributed by atoms with E-state index in [4.69, 9.17) is 0 Å². The topological polar surface area (TPSA) is 98.1 Å². The number of amides is 1. The normalized spacial score (nSPS) is 11.9. The number of benzene rings is 1. The summed E-state index contributed by atoms with van der Waals surface area (Å²) in [6.45, 7) is 3.89. The van der Waals surface area contributed by atoms with Gasteiger partial charge in [-0.2, -0.15) is 13.2 Å². The Labute approximate surface area is 200 Å². The average Bonchev–Trinajstić information content (AvgIpc) is 2.79. The Morgan fingerprint density at radius 2 is 1.89 bits per heavy atom. The first-order valence-electron chi connectivity index (χ1n) is 10.7. The van der Waals surface area contributed by atoms with Gasteiger partial charge < -0.3 is 9.88 Å². The van der Waals surface area contributed by atoms with Gasteiger partial charge in [-0.05, 0) is 43.2 Å². The molecule has 0 unspecified atom stereocenters. The zero-order valence-electron chi connectivity index (χ0n) is 19.3. The molecule has 0 saturated heterocycles. The molecular formula is C24H24F3N3O4S. The Morgan fingerprint density at radius 1 is 1.17 bits per heavy atom. The molecule has 2 heterocycles. The molecule has 0 aliphatic rings. The first-order valence-corrected chi connectivity index (χ1v) is 12.6. The van der Waals surface area contributed by atoms with Crippen LogP contribution in [0.4, 0.5) is 13.2 Å². The molecule has 11 heteroatoms. The monoisotopic (exact) mass is 507 g/mol. The molecule has 0 fully saturated rings. The molecule has 186 valence electrons. The predicted octanol–water partition coefficient (Wildman–Crippen LogP) is 3.98. The summed E-state index contributed by atoms with van der Waals surface area (Å²) >= 11 is 0. The van der Waals surface area contributed by atoms with E-state index in [0.717, 1.165) is 18.4 Å². The third-order valence-corrected chi connectivity index (χ3v) is 6.49. The third kappa shape index (κ3) is 5.97. The van der Waals surface area contributed by atoms with Crippen LogP contribution in [-0.2, 0) is 29.1 Å². The van der Waals surface area contributed by atoms with Gasteiger partial charge >= 0.3 is 6.18 Å². The number of hydrogen-bond donors (Lipinski definition) is 1. The van der Waals surface area contributed by atoms with E-state index < -0.39 is 32.9 Å². The summed E-state index contributed by atoms with van der Waals surface area (Å²) in [6, 6.07) is 7.24. The molecule has 1 amide bonds. The van der Waals surface area contributed by atoms with Crippen molar-refractivity contribution in [1.82, 2.24) is 14.9 Å². The van der Waals surface area contributed by atoms with E-state index in [1.807, 2.05) is 6.92 Å². The summed E-state index contributed by atoms with van der Waals surface area (Å²) in [6.07, 6.45) is -0.299. The lowest BCUT2D eigenvalue weighted by atomic mass is 9.98. The van der Waals surface area contributed by atoms with Crippen LogP contribution in [0, 0.1) is 6.92 Å². The number of carbonyl (C=O) groups is 1. The molecule has 0 aliphatic carbocycles. The summed E-state index contributed by atoms with van der Waals surface area (Å²) in [5.41, 5.74) is -0.895. The fraction of sp³-hybridized carbons (Fsp3) is 0.292. The Bertz CT molecular complexity index is 1410. The molecule has 0 atom stereocenters. The van der Waals surface area contributed by atoms with Gasteiger partial charge in [-0.1, -0.05) is 19.1 Å². The number of sulfone groups is 1. The predicted molar refractivity (Wildman–Crippen MR) is 125 cm³/mol. The third-order valence-electron chi connectivity index (χ3n) is 5.39. The number of aromatic nitrogens is 2. The van der Waals surface area contributed by atoms with Crippen molar-refractivity contribution in [3.8, 4) is 11.1 Å². The second kappa shape index (κ2) is 10.0.